The predicted octanol–water partition coefficient (Wildman–Crippen LogP) is 1.18. The Kier molecular flexibility index (Phi) is 3.38. The first kappa shape index (κ1) is 14.0. The normalized spacial score (nSPS) is 25.4. The lowest BCUT2D eigenvalue weighted by Crippen LogP contribution is -2.57. The van der Waals surface area contributed by atoms with Gasteiger partial charge in [0.2, 0.25) is 5.91 Å². The lowest BCUT2D eigenvalue weighted by molar-refractivity contribution is -0.135. The van der Waals surface area contributed by atoms with Crippen molar-refractivity contribution in [2.45, 2.75) is 31.2 Å². The molecule has 21 heavy (non-hydrogen) atoms. The molecule has 3 heterocycles. The maximum Gasteiger partial charge on any atom is 0.329 e. The van der Waals surface area contributed by atoms with E-state index in [1.54, 1.807) is 0 Å². The van der Waals surface area contributed by atoms with Gasteiger partial charge in [-0.1, -0.05) is 0 Å². The fourth-order valence-corrected chi connectivity index (χ4v) is 3.02. The van der Waals surface area contributed by atoms with Crippen molar-refractivity contribution in [3.63, 3.8) is 0 Å². The van der Waals surface area contributed by atoms with Gasteiger partial charge in [-0.2, -0.15) is 0 Å². The average molecular weight is 298 g/mol. The van der Waals surface area contributed by atoms with E-state index in [2.05, 4.69) is 4.98 Å². The number of imidazole rings is 1. The molecule has 0 radical (unpaired) electrons. The second kappa shape index (κ2) is 5.09. The van der Waals surface area contributed by atoms with Crippen LogP contribution in [-0.2, 0) is 4.79 Å². The van der Waals surface area contributed by atoms with Crippen LogP contribution in [0.2, 0.25) is 0 Å². The molecule has 2 saturated heterocycles. The van der Waals surface area contributed by atoms with Gasteiger partial charge in [0.15, 0.2) is 0 Å². The Balaban J connectivity index is 1.79. The first-order valence-electron chi connectivity index (χ1n) is 6.91. The van der Waals surface area contributed by atoms with Gasteiger partial charge in [0.25, 0.3) is 5.92 Å². The van der Waals surface area contributed by atoms with Crippen LogP contribution in [0.3, 0.4) is 0 Å². The zero-order valence-corrected chi connectivity index (χ0v) is 11.4. The van der Waals surface area contributed by atoms with Gasteiger partial charge in [0, 0.05) is 38.3 Å². The molecule has 0 aliphatic carbocycles. The summed E-state index contributed by atoms with van der Waals surface area (Å²) in [7, 11) is 0. The number of aromatic nitrogens is 2. The van der Waals surface area contributed by atoms with E-state index in [-0.39, 0.29) is 18.9 Å². The number of hydrogen-bond acceptors (Lipinski definition) is 3. The van der Waals surface area contributed by atoms with Crippen LogP contribution in [0.5, 0.6) is 0 Å². The van der Waals surface area contributed by atoms with Crippen LogP contribution >= 0.6 is 0 Å². The average Bonchev–Trinajstić information content (AvgIpc) is 3.06. The first-order chi connectivity index (χ1) is 9.96. The summed E-state index contributed by atoms with van der Waals surface area (Å²) in [5, 5.41) is 0. The van der Waals surface area contributed by atoms with E-state index in [1.165, 1.54) is 28.2 Å². The number of hydrogen-bond donors (Lipinski definition) is 0. The van der Waals surface area contributed by atoms with Gasteiger partial charge in [-0.25, -0.2) is 18.6 Å². The molecule has 2 aliphatic heterocycles. The van der Waals surface area contributed by atoms with Crippen molar-refractivity contribution in [1.82, 2.24) is 19.4 Å². The molecule has 1 atom stereocenters. The third-order valence-corrected chi connectivity index (χ3v) is 3.93. The number of rotatable bonds is 1. The monoisotopic (exact) mass is 298 g/mol. The van der Waals surface area contributed by atoms with E-state index in [9.17, 15) is 18.4 Å². The zero-order chi connectivity index (χ0) is 15.0. The fourth-order valence-electron chi connectivity index (χ4n) is 3.02. The van der Waals surface area contributed by atoms with Crippen LogP contribution in [0.1, 0.15) is 19.3 Å². The smallest absolute Gasteiger partial charge is 0.329 e. The van der Waals surface area contributed by atoms with Crippen molar-refractivity contribution >= 4 is 11.9 Å². The Bertz CT molecular complexity index is 546. The molecule has 1 unspecified atom stereocenters. The van der Waals surface area contributed by atoms with E-state index in [0.29, 0.717) is 19.4 Å². The van der Waals surface area contributed by atoms with Gasteiger partial charge < -0.3 is 9.80 Å². The Morgan fingerprint density at radius 2 is 2.24 bits per heavy atom. The highest BCUT2D eigenvalue weighted by molar-refractivity contribution is 5.79. The van der Waals surface area contributed by atoms with Crippen LogP contribution in [-0.4, -0.2) is 62.9 Å². The van der Waals surface area contributed by atoms with E-state index < -0.39 is 24.5 Å². The molecule has 114 valence electrons. The number of amides is 2. The number of piperidine rings is 1. The fraction of sp³-hybridized carbons (Fsp3) is 0.615. The predicted molar refractivity (Wildman–Crippen MR) is 68.9 cm³/mol. The third-order valence-electron chi connectivity index (χ3n) is 3.93. The summed E-state index contributed by atoms with van der Waals surface area (Å²) >= 11 is 0. The Labute approximate surface area is 120 Å². The molecule has 0 spiro atoms. The molecule has 0 N–H and O–H groups in total. The van der Waals surface area contributed by atoms with Crippen molar-refractivity contribution < 1.29 is 18.4 Å². The highest BCUT2D eigenvalue weighted by atomic mass is 19.3. The van der Waals surface area contributed by atoms with E-state index in [0.717, 1.165) is 4.90 Å². The molecule has 1 aromatic rings. The summed E-state index contributed by atoms with van der Waals surface area (Å²) in [5.41, 5.74) is 0. The SMILES string of the molecule is O=C1CCCN1C1CN(C(=O)n2ccnc2)CC(F)(F)C1. The van der Waals surface area contributed by atoms with E-state index in [4.69, 9.17) is 0 Å². The van der Waals surface area contributed by atoms with E-state index >= 15 is 0 Å². The molecular formula is C13H16F2N4O2. The lowest BCUT2D eigenvalue weighted by atomic mass is 10.0. The Morgan fingerprint density at radius 3 is 2.86 bits per heavy atom. The molecule has 8 heteroatoms. The highest BCUT2D eigenvalue weighted by Crippen LogP contribution is 2.31. The van der Waals surface area contributed by atoms with Gasteiger partial charge >= 0.3 is 6.03 Å². The van der Waals surface area contributed by atoms with Gasteiger partial charge in [-0.3, -0.25) is 9.36 Å². The Hall–Kier alpha value is -1.99. The van der Waals surface area contributed by atoms with Crippen molar-refractivity contribution in [3.05, 3.63) is 18.7 Å². The molecule has 6 nitrogen and oxygen atoms in total. The maximum atomic E-state index is 13.9. The molecule has 0 saturated carbocycles. The van der Waals surface area contributed by atoms with Crippen molar-refractivity contribution in [2.24, 2.45) is 0 Å². The minimum Gasteiger partial charge on any atom is -0.338 e. The van der Waals surface area contributed by atoms with Gasteiger partial charge in [-0.05, 0) is 6.42 Å². The topological polar surface area (TPSA) is 58.4 Å². The van der Waals surface area contributed by atoms with Crippen molar-refractivity contribution in [3.8, 4) is 0 Å². The zero-order valence-electron chi connectivity index (χ0n) is 11.4. The Morgan fingerprint density at radius 1 is 1.43 bits per heavy atom. The first-order valence-corrected chi connectivity index (χ1v) is 6.91. The molecule has 0 aromatic carbocycles. The van der Waals surface area contributed by atoms with Crippen LogP contribution in [0, 0.1) is 0 Å². The lowest BCUT2D eigenvalue weighted by Gasteiger charge is -2.41. The van der Waals surface area contributed by atoms with Gasteiger partial charge in [-0.15, -0.1) is 0 Å². The standard InChI is InChI=1S/C13H16F2N4O2/c14-13(15)6-10(19-4-1-2-11(19)20)7-18(8-13)12(21)17-5-3-16-9-17/h3,5,9-10H,1-2,4,6-8H2. The van der Waals surface area contributed by atoms with Crippen LogP contribution < -0.4 is 0 Å². The van der Waals surface area contributed by atoms with Gasteiger partial charge in [0.05, 0.1) is 12.6 Å². The number of halogens is 2. The van der Waals surface area contributed by atoms with Crippen molar-refractivity contribution in [1.29, 1.82) is 0 Å². The van der Waals surface area contributed by atoms with Crippen LogP contribution in [0.15, 0.2) is 18.7 Å². The second-order valence-electron chi connectivity index (χ2n) is 5.54. The number of nitrogens with zero attached hydrogens (tertiary/aromatic N) is 4. The molecule has 2 aliphatic rings. The quantitative estimate of drug-likeness (QED) is 0.782. The van der Waals surface area contributed by atoms with Crippen LogP contribution in [0.4, 0.5) is 13.6 Å². The molecule has 1 aromatic heterocycles. The van der Waals surface area contributed by atoms with Crippen LogP contribution in [0.25, 0.3) is 0 Å². The summed E-state index contributed by atoms with van der Waals surface area (Å²) in [6.07, 6.45) is 4.83. The van der Waals surface area contributed by atoms with Gasteiger partial charge in [0.1, 0.15) is 6.33 Å². The minimum absolute atomic E-state index is 0.104. The largest absolute Gasteiger partial charge is 0.338 e. The number of carbonyl (C=O) groups excluding carboxylic acids is 2. The summed E-state index contributed by atoms with van der Waals surface area (Å²) in [4.78, 5) is 30.3. The molecule has 2 fully saturated rings. The second-order valence-corrected chi connectivity index (χ2v) is 5.54. The van der Waals surface area contributed by atoms with Crippen molar-refractivity contribution in [2.75, 3.05) is 19.6 Å². The number of carbonyl (C=O) groups is 2. The molecule has 0 bridgehead atoms. The summed E-state index contributed by atoms with van der Waals surface area (Å²) < 4.78 is 29.0. The minimum atomic E-state index is -2.98. The summed E-state index contributed by atoms with van der Waals surface area (Å²) in [5.74, 6) is -3.09. The highest BCUT2D eigenvalue weighted by Gasteiger charge is 2.45. The summed E-state index contributed by atoms with van der Waals surface area (Å²) in [6, 6.07) is -1.15. The number of alkyl halides is 2. The summed E-state index contributed by atoms with van der Waals surface area (Å²) in [6.45, 7) is 0.00751. The third kappa shape index (κ3) is 2.74. The molecule has 3 rings (SSSR count). The molecular weight excluding hydrogens is 282 g/mol. The van der Waals surface area contributed by atoms with E-state index in [1.807, 2.05) is 0 Å². The maximum absolute atomic E-state index is 13.9. The number of likely N-dealkylation sites (tertiary alicyclic amines) is 2. The molecule has 2 amide bonds.